The molecule has 0 unspecified atom stereocenters. The van der Waals surface area contributed by atoms with E-state index in [9.17, 15) is 4.39 Å². The van der Waals surface area contributed by atoms with Crippen molar-refractivity contribution in [1.82, 2.24) is 0 Å². The third kappa shape index (κ3) is 2.70. The maximum absolute atomic E-state index is 13.7. The Morgan fingerprint density at radius 1 is 1.10 bits per heavy atom. The highest BCUT2D eigenvalue weighted by Gasteiger charge is 2.35. The Morgan fingerprint density at radius 2 is 1.80 bits per heavy atom. The van der Waals surface area contributed by atoms with Gasteiger partial charge in [0, 0.05) is 29.2 Å². The zero-order valence-corrected chi connectivity index (χ0v) is 12.0. The summed E-state index contributed by atoms with van der Waals surface area (Å²) >= 11 is 6.20. The van der Waals surface area contributed by atoms with Gasteiger partial charge in [-0.2, -0.15) is 0 Å². The van der Waals surface area contributed by atoms with Crippen molar-refractivity contribution in [2.24, 2.45) is 0 Å². The highest BCUT2D eigenvalue weighted by atomic mass is 35.5. The third-order valence-corrected chi connectivity index (χ3v) is 4.35. The van der Waals surface area contributed by atoms with Crippen molar-refractivity contribution in [1.29, 1.82) is 0 Å². The number of rotatable bonds is 3. The van der Waals surface area contributed by atoms with Crippen LogP contribution in [0.3, 0.4) is 0 Å². The lowest BCUT2D eigenvalue weighted by atomic mass is 9.75. The van der Waals surface area contributed by atoms with E-state index in [1.54, 1.807) is 0 Å². The molecule has 0 bridgehead atoms. The highest BCUT2D eigenvalue weighted by molar-refractivity contribution is 6.30. The van der Waals surface area contributed by atoms with Crippen LogP contribution in [0.25, 0.3) is 0 Å². The molecule has 110 valence electrons. The molecule has 2 aliphatic rings. The second-order valence-corrected chi connectivity index (χ2v) is 5.81. The van der Waals surface area contributed by atoms with E-state index in [0.29, 0.717) is 44.3 Å². The molecule has 2 fully saturated rings. The molecule has 0 N–H and O–H groups in total. The quantitative estimate of drug-likeness (QED) is 0.856. The summed E-state index contributed by atoms with van der Waals surface area (Å²) in [5.74, 6) is 0. The van der Waals surface area contributed by atoms with Crippen LogP contribution >= 0.6 is 11.6 Å². The minimum Gasteiger partial charge on any atom is -0.381 e. The van der Waals surface area contributed by atoms with E-state index >= 15 is 0 Å². The van der Waals surface area contributed by atoms with Crippen molar-refractivity contribution >= 4 is 11.6 Å². The largest absolute Gasteiger partial charge is 0.381 e. The fourth-order valence-corrected chi connectivity index (χ4v) is 3.11. The van der Waals surface area contributed by atoms with Crippen molar-refractivity contribution < 1.29 is 18.6 Å². The van der Waals surface area contributed by atoms with Crippen LogP contribution < -0.4 is 0 Å². The fraction of sp³-hybridized carbons (Fsp3) is 0.600. The fourth-order valence-electron chi connectivity index (χ4n) is 2.87. The van der Waals surface area contributed by atoms with Crippen molar-refractivity contribution in [2.75, 3.05) is 33.1 Å². The summed E-state index contributed by atoms with van der Waals surface area (Å²) in [6.07, 6.45) is 0.967. The molecule has 3 rings (SSSR count). The van der Waals surface area contributed by atoms with E-state index in [1.165, 1.54) is 0 Å². The number of alkyl halides is 1. The van der Waals surface area contributed by atoms with Gasteiger partial charge in [-0.15, -0.1) is 0 Å². The van der Waals surface area contributed by atoms with Crippen molar-refractivity contribution in [3.05, 3.63) is 34.3 Å². The second kappa shape index (κ2) is 5.98. The molecule has 0 spiro atoms. The highest BCUT2D eigenvalue weighted by Crippen LogP contribution is 2.38. The summed E-state index contributed by atoms with van der Waals surface area (Å²) in [7, 11) is 0. The summed E-state index contributed by atoms with van der Waals surface area (Å²) in [6.45, 7) is 1.93. The predicted molar refractivity (Wildman–Crippen MR) is 73.8 cm³/mol. The van der Waals surface area contributed by atoms with Crippen LogP contribution in [0.4, 0.5) is 4.39 Å². The molecule has 0 aliphatic carbocycles. The smallest absolute Gasteiger partial charge is 0.184 e. The van der Waals surface area contributed by atoms with Gasteiger partial charge in [0.25, 0.3) is 0 Å². The van der Waals surface area contributed by atoms with Crippen LogP contribution in [0.2, 0.25) is 5.02 Å². The molecule has 0 saturated carbocycles. The topological polar surface area (TPSA) is 27.7 Å². The number of hydrogen-bond acceptors (Lipinski definition) is 3. The minimum atomic E-state index is -0.490. The molecule has 0 atom stereocenters. The average molecular weight is 301 g/mol. The van der Waals surface area contributed by atoms with Gasteiger partial charge in [0.15, 0.2) is 6.29 Å². The maximum atomic E-state index is 13.7. The molecule has 1 aromatic rings. The first kappa shape index (κ1) is 14.3. The Bertz CT molecular complexity index is 468. The standard InChI is InChI=1S/C15H18ClFO3/c16-13-8-11(14-19-5-6-20-14)7-12(9-13)15(10-17)1-3-18-4-2-15/h7-9,14H,1-6,10H2. The zero-order chi connectivity index (χ0) is 14.0. The summed E-state index contributed by atoms with van der Waals surface area (Å²) in [6, 6.07) is 5.64. The van der Waals surface area contributed by atoms with E-state index < -0.39 is 12.1 Å². The van der Waals surface area contributed by atoms with Gasteiger partial charge in [-0.25, -0.2) is 0 Å². The lowest BCUT2D eigenvalue weighted by Gasteiger charge is -2.35. The van der Waals surface area contributed by atoms with E-state index in [0.717, 1.165) is 11.1 Å². The molecule has 3 nitrogen and oxygen atoms in total. The first-order chi connectivity index (χ1) is 9.73. The molecular formula is C15H18ClFO3. The lowest BCUT2D eigenvalue weighted by Crippen LogP contribution is -2.36. The van der Waals surface area contributed by atoms with Crippen LogP contribution in [-0.2, 0) is 19.6 Å². The first-order valence-electron chi connectivity index (χ1n) is 6.91. The van der Waals surface area contributed by atoms with Crippen molar-refractivity contribution in [2.45, 2.75) is 24.5 Å². The number of benzene rings is 1. The van der Waals surface area contributed by atoms with Gasteiger partial charge in [0.2, 0.25) is 0 Å². The lowest BCUT2D eigenvalue weighted by molar-refractivity contribution is -0.0443. The molecule has 20 heavy (non-hydrogen) atoms. The van der Waals surface area contributed by atoms with E-state index in [1.807, 2.05) is 18.2 Å². The number of ether oxygens (including phenoxy) is 3. The SMILES string of the molecule is FCC1(c2cc(Cl)cc(C3OCCO3)c2)CCOCC1. The van der Waals surface area contributed by atoms with Gasteiger partial charge in [0.1, 0.15) is 0 Å². The molecular weight excluding hydrogens is 283 g/mol. The normalized spacial score (nSPS) is 23.1. The molecule has 0 aromatic heterocycles. The molecule has 2 aliphatic heterocycles. The molecule has 0 amide bonds. The summed E-state index contributed by atoms with van der Waals surface area (Å²) < 4.78 is 30.1. The Hall–Kier alpha value is -0.680. The second-order valence-electron chi connectivity index (χ2n) is 5.37. The molecule has 2 heterocycles. The average Bonchev–Trinajstić information content (AvgIpc) is 3.01. The Balaban J connectivity index is 1.95. The Morgan fingerprint density at radius 3 is 2.45 bits per heavy atom. The number of halogens is 2. The molecule has 0 radical (unpaired) electrons. The van der Waals surface area contributed by atoms with Crippen LogP contribution in [0.5, 0.6) is 0 Å². The Labute approximate surface area is 123 Å². The molecule has 2 saturated heterocycles. The Kier molecular flexibility index (Phi) is 4.26. The van der Waals surface area contributed by atoms with Crippen LogP contribution in [-0.4, -0.2) is 33.1 Å². The molecule has 5 heteroatoms. The van der Waals surface area contributed by atoms with Crippen molar-refractivity contribution in [3.63, 3.8) is 0 Å². The van der Waals surface area contributed by atoms with Gasteiger partial charge >= 0.3 is 0 Å². The zero-order valence-electron chi connectivity index (χ0n) is 11.2. The van der Waals surface area contributed by atoms with Crippen LogP contribution in [0.1, 0.15) is 30.3 Å². The van der Waals surface area contributed by atoms with E-state index in [4.69, 9.17) is 25.8 Å². The number of hydrogen-bond donors (Lipinski definition) is 0. The van der Waals surface area contributed by atoms with Crippen LogP contribution in [0, 0.1) is 0 Å². The maximum Gasteiger partial charge on any atom is 0.184 e. The minimum absolute atomic E-state index is 0.385. The van der Waals surface area contributed by atoms with Gasteiger partial charge in [-0.1, -0.05) is 11.6 Å². The van der Waals surface area contributed by atoms with Gasteiger partial charge in [-0.3, -0.25) is 4.39 Å². The van der Waals surface area contributed by atoms with Gasteiger partial charge < -0.3 is 14.2 Å². The van der Waals surface area contributed by atoms with Crippen LogP contribution in [0.15, 0.2) is 18.2 Å². The monoisotopic (exact) mass is 300 g/mol. The van der Waals surface area contributed by atoms with Gasteiger partial charge in [0.05, 0.1) is 19.9 Å². The molecule has 1 aromatic carbocycles. The van der Waals surface area contributed by atoms with Crippen molar-refractivity contribution in [3.8, 4) is 0 Å². The van der Waals surface area contributed by atoms with E-state index in [-0.39, 0.29) is 6.29 Å². The van der Waals surface area contributed by atoms with Gasteiger partial charge in [-0.05, 0) is 36.6 Å². The summed E-state index contributed by atoms with van der Waals surface area (Å²) in [5.41, 5.74) is 1.30. The summed E-state index contributed by atoms with van der Waals surface area (Å²) in [4.78, 5) is 0. The summed E-state index contributed by atoms with van der Waals surface area (Å²) in [5, 5.41) is 0.593. The van der Waals surface area contributed by atoms with E-state index in [2.05, 4.69) is 0 Å². The predicted octanol–water partition coefficient (Wildman–Crippen LogP) is 3.40. The first-order valence-corrected chi connectivity index (χ1v) is 7.29. The third-order valence-electron chi connectivity index (χ3n) is 4.13.